The van der Waals surface area contributed by atoms with E-state index in [1.165, 1.54) is 0 Å². The van der Waals surface area contributed by atoms with E-state index in [-0.39, 0.29) is 17.7 Å². The van der Waals surface area contributed by atoms with Crippen molar-refractivity contribution in [2.75, 3.05) is 32.9 Å². The summed E-state index contributed by atoms with van der Waals surface area (Å²) in [6.45, 7) is 6.08. The Morgan fingerprint density at radius 3 is 2.90 bits per heavy atom. The average molecular weight is 410 g/mol. The van der Waals surface area contributed by atoms with Crippen LogP contribution in [-0.4, -0.2) is 69.1 Å². The zero-order valence-corrected chi connectivity index (χ0v) is 17.1. The van der Waals surface area contributed by atoms with Gasteiger partial charge in [-0.1, -0.05) is 11.6 Å². The first kappa shape index (κ1) is 19.3. The van der Waals surface area contributed by atoms with Gasteiger partial charge in [-0.15, -0.1) is 5.10 Å². The van der Waals surface area contributed by atoms with Crippen LogP contribution < -0.4 is 5.56 Å². The maximum absolute atomic E-state index is 13.1. The van der Waals surface area contributed by atoms with E-state index >= 15 is 0 Å². The quantitative estimate of drug-likeness (QED) is 0.679. The van der Waals surface area contributed by atoms with Crippen molar-refractivity contribution in [2.24, 2.45) is 0 Å². The normalized spacial score (nSPS) is 21.3. The van der Waals surface area contributed by atoms with Gasteiger partial charge in [0.15, 0.2) is 5.82 Å². The molecule has 2 aromatic heterocycles. The van der Waals surface area contributed by atoms with E-state index in [1.807, 2.05) is 25.1 Å². The molecule has 1 N–H and O–H groups in total. The number of aromatic amines is 1. The molecule has 30 heavy (non-hydrogen) atoms. The molecular formula is C21H26N6O3. The van der Waals surface area contributed by atoms with Crippen LogP contribution in [0.1, 0.15) is 35.8 Å². The molecule has 1 aromatic carbocycles. The second-order valence-electron chi connectivity index (χ2n) is 8.05. The Morgan fingerprint density at radius 1 is 1.23 bits per heavy atom. The summed E-state index contributed by atoms with van der Waals surface area (Å²) in [4.78, 5) is 18.4. The van der Waals surface area contributed by atoms with Crippen LogP contribution in [0.15, 0.2) is 29.1 Å². The SMILES string of the molecule is Cc1ccc2[nH]c(=O)c([C@@H](c3nnnn3C[C@H]3CCCO3)N3CCOCC3)cc2c1. The predicted octanol–water partition coefficient (Wildman–Crippen LogP) is 1.42. The third-order valence-electron chi connectivity index (χ3n) is 5.94. The van der Waals surface area contributed by atoms with Gasteiger partial charge in [-0.05, 0) is 53.8 Å². The number of aromatic nitrogens is 5. The highest BCUT2D eigenvalue weighted by Crippen LogP contribution is 2.28. The van der Waals surface area contributed by atoms with Crippen LogP contribution >= 0.6 is 0 Å². The van der Waals surface area contributed by atoms with E-state index in [9.17, 15) is 4.79 Å². The highest BCUT2D eigenvalue weighted by atomic mass is 16.5. The van der Waals surface area contributed by atoms with Gasteiger partial charge in [0.05, 0.1) is 25.9 Å². The lowest BCUT2D eigenvalue weighted by Crippen LogP contribution is -2.42. The summed E-state index contributed by atoms with van der Waals surface area (Å²) in [5, 5.41) is 13.5. The number of rotatable bonds is 5. The molecule has 0 radical (unpaired) electrons. The van der Waals surface area contributed by atoms with Gasteiger partial charge in [-0.25, -0.2) is 4.68 Å². The van der Waals surface area contributed by atoms with Crippen LogP contribution in [0.25, 0.3) is 10.9 Å². The molecule has 5 rings (SSSR count). The van der Waals surface area contributed by atoms with Gasteiger partial charge in [0.2, 0.25) is 0 Å². The number of H-pyrrole nitrogens is 1. The first-order valence-corrected chi connectivity index (χ1v) is 10.5. The van der Waals surface area contributed by atoms with Crippen LogP contribution in [0.2, 0.25) is 0 Å². The van der Waals surface area contributed by atoms with Crippen molar-refractivity contribution in [3.63, 3.8) is 0 Å². The maximum Gasteiger partial charge on any atom is 0.253 e. The standard InChI is InChI=1S/C21H26N6O3/c1-14-4-5-18-15(11-14)12-17(21(28)22-18)19(26-6-9-29-10-7-26)20-23-24-25-27(20)13-16-3-2-8-30-16/h4-5,11-12,16,19H,2-3,6-10,13H2,1H3,(H,22,28)/t16-,19+/m1/s1. The van der Waals surface area contributed by atoms with Crippen LogP contribution in [0, 0.1) is 6.92 Å². The van der Waals surface area contributed by atoms with Crippen molar-refractivity contribution < 1.29 is 9.47 Å². The monoisotopic (exact) mass is 410 g/mol. The summed E-state index contributed by atoms with van der Waals surface area (Å²) in [5.74, 6) is 0.671. The molecule has 0 saturated carbocycles. The zero-order chi connectivity index (χ0) is 20.5. The number of aryl methyl sites for hydroxylation is 1. The zero-order valence-electron chi connectivity index (χ0n) is 17.1. The Kier molecular flexibility index (Phi) is 5.32. The van der Waals surface area contributed by atoms with Gasteiger partial charge in [0.25, 0.3) is 5.56 Å². The second-order valence-corrected chi connectivity index (χ2v) is 8.05. The number of ether oxygens (including phenoxy) is 2. The van der Waals surface area contributed by atoms with Gasteiger partial charge >= 0.3 is 0 Å². The van der Waals surface area contributed by atoms with E-state index in [4.69, 9.17) is 9.47 Å². The predicted molar refractivity (Wildman–Crippen MR) is 110 cm³/mol. The fourth-order valence-electron chi connectivity index (χ4n) is 4.40. The number of benzene rings is 1. The summed E-state index contributed by atoms with van der Waals surface area (Å²) >= 11 is 0. The number of nitrogens with one attached hydrogen (secondary N) is 1. The third kappa shape index (κ3) is 3.76. The van der Waals surface area contributed by atoms with E-state index in [1.54, 1.807) is 4.68 Å². The fourth-order valence-corrected chi connectivity index (χ4v) is 4.40. The molecule has 0 unspecified atom stereocenters. The van der Waals surface area contributed by atoms with E-state index in [0.29, 0.717) is 44.2 Å². The number of tetrazole rings is 1. The number of hydrogen-bond donors (Lipinski definition) is 1. The Balaban J connectivity index is 1.60. The van der Waals surface area contributed by atoms with Crippen LogP contribution in [0.5, 0.6) is 0 Å². The van der Waals surface area contributed by atoms with Crippen LogP contribution in [0.3, 0.4) is 0 Å². The topological polar surface area (TPSA) is 98.2 Å². The minimum atomic E-state index is -0.348. The summed E-state index contributed by atoms with van der Waals surface area (Å²) in [7, 11) is 0. The summed E-state index contributed by atoms with van der Waals surface area (Å²) < 4.78 is 13.1. The number of nitrogens with zero attached hydrogens (tertiary/aromatic N) is 5. The molecule has 9 nitrogen and oxygen atoms in total. The molecule has 2 saturated heterocycles. The Bertz CT molecular complexity index is 1080. The van der Waals surface area contributed by atoms with Gasteiger partial charge < -0.3 is 14.5 Å². The number of pyridine rings is 1. The average Bonchev–Trinajstić information content (AvgIpc) is 3.43. The minimum Gasteiger partial charge on any atom is -0.379 e. The lowest BCUT2D eigenvalue weighted by Gasteiger charge is -2.33. The Morgan fingerprint density at radius 2 is 2.10 bits per heavy atom. The molecule has 0 spiro atoms. The lowest BCUT2D eigenvalue weighted by atomic mass is 10.0. The summed E-state index contributed by atoms with van der Waals surface area (Å²) in [5.41, 5.74) is 2.51. The minimum absolute atomic E-state index is 0.107. The molecule has 2 fully saturated rings. The highest BCUT2D eigenvalue weighted by molar-refractivity contribution is 5.79. The Hall–Kier alpha value is -2.62. The maximum atomic E-state index is 13.1. The van der Waals surface area contributed by atoms with E-state index in [0.717, 1.165) is 35.9 Å². The molecule has 9 heteroatoms. The van der Waals surface area contributed by atoms with Gasteiger partial charge in [-0.2, -0.15) is 0 Å². The molecule has 158 valence electrons. The first-order valence-electron chi connectivity index (χ1n) is 10.5. The molecule has 2 aliphatic heterocycles. The Labute approximate surface area is 174 Å². The van der Waals surface area contributed by atoms with Gasteiger partial charge in [0.1, 0.15) is 6.04 Å². The second kappa shape index (κ2) is 8.25. The van der Waals surface area contributed by atoms with Crippen molar-refractivity contribution in [1.82, 2.24) is 30.1 Å². The number of fused-ring (bicyclic) bond motifs is 1. The summed E-state index contributed by atoms with van der Waals surface area (Å²) in [6.07, 6.45) is 2.16. The number of hydrogen-bond acceptors (Lipinski definition) is 7. The molecule has 0 aliphatic carbocycles. The number of morpholine rings is 1. The van der Waals surface area contributed by atoms with E-state index in [2.05, 4.69) is 31.5 Å². The van der Waals surface area contributed by atoms with Crippen molar-refractivity contribution in [1.29, 1.82) is 0 Å². The molecule has 0 amide bonds. The summed E-state index contributed by atoms with van der Waals surface area (Å²) in [6, 6.07) is 7.66. The molecule has 0 bridgehead atoms. The van der Waals surface area contributed by atoms with Gasteiger partial charge in [0, 0.05) is 30.8 Å². The van der Waals surface area contributed by atoms with Crippen molar-refractivity contribution in [3.05, 3.63) is 51.6 Å². The van der Waals surface area contributed by atoms with Crippen molar-refractivity contribution in [3.8, 4) is 0 Å². The van der Waals surface area contributed by atoms with Crippen molar-refractivity contribution >= 4 is 10.9 Å². The van der Waals surface area contributed by atoms with E-state index < -0.39 is 0 Å². The molecule has 4 heterocycles. The largest absolute Gasteiger partial charge is 0.379 e. The smallest absolute Gasteiger partial charge is 0.253 e. The van der Waals surface area contributed by atoms with Crippen LogP contribution in [0.4, 0.5) is 0 Å². The molecule has 3 aromatic rings. The van der Waals surface area contributed by atoms with Crippen molar-refractivity contribution in [2.45, 2.75) is 38.5 Å². The molecular weight excluding hydrogens is 384 g/mol. The molecule has 2 aliphatic rings. The lowest BCUT2D eigenvalue weighted by molar-refractivity contribution is 0.0205. The highest BCUT2D eigenvalue weighted by Gasteiger charge is 2.32. The molecule has 2 atom stereocenters. The third-order valence-corrected chi connectivity index (χ3v) is 5.94. The fraction of sp³-hybridized carbons (Fsp3) is 0.524. The van der Waals surface area contributed by atoms with Gasteiger partial charge in [-0.3, -0.25) is 9.69 Å². The van der Waals surface area contributed by atoms with Crippen LogP contribution in [-0.2, 0) is 16.0 Å². The first-order chi connectivity index (χ1) is 14.7.